The predicted molar refractivity (Wildman–Crippen MR) is 178 cm³/mol. The normalized spacial score (nSPS) is 33.2. The Bertz CT molecular complexity index is 1900. The second-order valence-electron chi connectivity index (χ2n) is 11.9. The van der Waals surface area contributed by atoms with E-state index in [1.54, 1.807) is 19.9 Å². The number of nitrogens with zero attached hydrogens (tertiary/aromatic N) is 6. The first-order valence-corrected chi connectivity index (χ1v) is 20.7. The third-order valence-electron chi connectivity index (χ3n) is 8.00. The molecular formula is C27H33FN8O10P2S2. The summed E-state index contributed by atoms with van der Waals surface area (Å²) < 4.78 is 72.6. The minimum atomic E-state index is -4.13. The van der Waals surface area contributed by atoms with Crippen LogP contribution in [0.2, 0.25) is 0 Å². The standard InChI is InChI=1S/C27H33FN8O10P2S2/c1-14(2)24(37)34-27-33-23-21(25(38)35-27)32-13-36(23)26-22-20(28)18(44-26)11-41-47(39,49)45-17-9-16(43-19-4-6-30-12-31-19)8-15(17)10-42-48(50,46-22)40-7-3-5-29/h4,6,12-18,20,22,26H,3,7-11H2,1-2H3,(H,39,49)(H2,33,34,35,37,38)/t15-,16-,17+,18-,20-,22-,26-,47-,48+/m1/s1. The second-order valence-corrected chi connectivity index (χ2v) is 17.7. The monoisotopic (exact) mass is 774 g/mol. The molecule has 50 heavy (non-hydrogen) atoms. The van der Waals surface area contributed by atoms with Gasteiger partial charge in [-0.05, 0) is 18.2 Å². The van der Waals surface area contributed by atoms with Crippen molar-refractivity contribution in [2.45, 2.75) is 69.9 Å². The number of nitriles is 1. The highest BCUT2D eigenvalue weighted by Gasteiger charge is 2.52. The summed E-state index contributed by atoms with van der Waals surface area (Å²) in [5.41, 5.74) is -0.899. The molecule has 9 atom stereocenters. The Morgan fingerprint density at radius 2 is 2.10 bits per heavy atom. The minimum absolute atomic E-state index is 0.0677. The zero-order chi connectivity index (χ0) is 35.6. The summed E-state index contributed by atoms with van der Waals surface area (Å²) in [5.74, 6) is -1.18. The van der Waals surface area contributed by atoms with Crippen LogP contribution in [0.15, 0.2) is 29.7 Å². The summed E-state index contributed by atoms with van der Waals surface area (Å²) in [6, 6.07) is 3.54. The highest BCUT2D eigenvalue weighted by atomic mass is 32.7. The Kier molecular flexibility index (Phi) is 11.3. The van der Waals surface area contributed by atoms with E-state index in [-0.39, 0.29) is 43.2 Å². The van der Waals surface area contributed by atoms with Crippen molar-refractivity contribution in [3.05, 3.63) is 35.3 Å². The first-order valence-electron chi connectivity index (χ1n) is 15.4. The molecule has 6 rings (SSSR count). The van der Waals surface area contributed by atoms with Gasteiger partial charge in [0.15, 0.2) is 23.6 Å². The summed E-state index contributed by atoms with van der Waals surface area (Å²) in [6.07, 6.45) is -3.01. The number of thiol groups is 1. The van der Waals surface area contributed by atoms with Crippen molar-refractivity contribution in [1.82, 2.24) is 29.5 Å². The summed E-state index contributed by atoms with van der Waals surface area (Å²) >= 11 is 9.91. The Balaban J connectivity index is 1.32. The fourth-order valence-corrected chi connectivity index (χ4v) is 9.23. The lowest BCUT2D eigenvalue weighted by Gasteiger charge is -2.30. The van der Waals surface area contributed by atoms with Crippen LogP contribution in [0.4, 0.5) is 10.3 Å². The number of H-pyrrole nitrogens is 1. The van der Waals surface area contributed by atoms with E-state index in [0.29, 0.717) is 12.3 Å². The number of halogens is 1. The lowest BCUT2D eigenvalue weighted by Crippen LogP contribution is -2.32. The second kappa shape index (κ2) is 15.4. The zero-order valence-electron chi connectivity index (χ0n) is 26.6. The molecular weight excluding hydrogens is 741 g/mol. The molecule has 1 amide bonds. The molecule has 1 aliphatic carbocycles. The van der Waals surface area contributed by atoms with Crippen LogP contribution in [0, 0.1) is 23.2 Å². The largest absolute Gasteiger partial charge is 0.474 e. The van der Waals surface area contributed by atoms with Gasteiger partial charge in [-0.3, -0.25) is 38.0 Å². The first-order chi connectivity index (χ1) is 23.8. The van der Waals surface area contributed by atoms with Gasteiger partial charge in [-0.25, -0.2) is 23.9 Å². The van der Waals surface area contributed by atoms with Crippen molar-refractivity contribution < 1.29 is 45.8 Å². The molecule has 2 saturated heterocycles. The van der Waals surface area contributed by atoms with E-state index in [9.17, 15) is 14.2 Å². The first kappa shape index (κ1) is 36.9. The number of fused-ring (bicyclic) bond motifs is 4. The third kappa shape index (κ3) is 8.42. The number of rotatable bonds is 8. The van der Waals surface area contributed by atoms with Crippen molar-refractivity contribution in [2.75, 3.05) is 25.1 Å². The van der Waals surface area contributed by atoms with Crippen LogP contribution in [0.5, 0.6) is 5.88 Å². The molecule has 3 aliphatic rings. The number of aromatic nitrogens is 6. The maximum absolute atomic E-state index is 16.4. The number of alkyl halides is 1. The molecule has 0 aromatic carbocycles. The van der Waals surface area contributed by atoms with Gasteiger partial charge in [0, 0.05) is 30.5 Å². The SMILES string of the molecule is CC(C)C(=O)Nc1nc2c(ncn2[C@@H]2O[C@@H]3CO[P@@](=O)(S)O[C@H]4C[C@H](Oc5ccncn5)C[C@@H]4CO[P@@](=S)(OCCC#N)O[C@@H]2[C@@H]3F)c(=O)[nH]1. The maximum atomic E-state index is 16.4. The lowest BCUT2D eigenvalue weighted by atomic mass is 10.1. The number of imidazole rings is 1. The van der Waals surface area contributed by atoms with E-state index >= 15 is 4.39 Å². The minimum Gasteiger partial charge on any atom is -0.474 e. The fraction of sp³-hybridized carbons (Fsp3) is 0.593. The van der Waals surface area contributed by atoms with Crippen molar-refractivity contribution >= 4 is 60.6 Å². The van der Waals surface area contributed by atoms with Crippen LogP contribution in [-0.2, 0) is 48.5 Å². The molecule has 270 valence electrons. The Labute approximate surface area is 294 Å². The van der Waals surface area contributed by atoms with Crippen LogP contribution in [0.1, 0.15) is 39.3 Å². The van der Waals surface area contributed by atoms with Gasteiger partial charge in [-0.2, -0.15) is 10.2 Å². The van der Waals surface area contributed by atoms with Gasteiger partial charge in [0.1, 0.15) is 24.6 Å². The zero-order valence-corrected chi connectivity index (χ0v) is 30.1. The van der Waals surface area contributed by atoms with Crippen molar-refractivity contribution in [2.24, 2.45) is 11.8 Å². The number of nitrogens with one attached hydrogen (secondary N) is 2. The number of hydrogen-bond acceptors (Lipinski definition) is 16. The highest BCUT2D eigenvalue weighted by molar-refractivity contribution is 8.44. The highest BCUT2D eigenvalue weighted by Crippen LogP contribution is 2.59. The molecule has 2 N–H and O–H groups in total. The topological polar surface area (TPSA) is 224 Å². The van der Waals surface area contributed by atoms with Gasteiger partial charge >= 0.3 is 13.5 Å². The number of aromatic amines is 1. The summed E-state index contributed by atoms with van der Waals surface area (Å²) in [4.78, 5) is 44.1. The van der Waals surface area contributed by atoms with Gasteiger partial charge < -0.3 is 18.5 Å². The Hall–Kier alpha value is -2.89. The van der Waals surface area contributed by atoms with E-state index in [4.69, 9.17) is 49.2 Å². The molecule has 3 aromatic rings. The van der Waals surface area contributed by atoms with Gasteiger partial charge in [0.25, 0.3) is 5.56 Å². The summed E-state index contributed by atoms with van der Waals surface area (Å²) in [7, 11) is 0. The number of carbonyl (C=O) groups excluding carboxylic acids is 1. The van der Waals surface area contributed by atoms with Crippen molar-refractivity contribution in [3.8, 4) is 11.9 Å². The molecule has 5 heterocycles. The van der Waals surface area contributed by atoms with Gasteiger partial charge in [-0.1, -0.05) is 26.1 Å². The lowest BCUT2D eigenvalue weighted by molar-refractivity contribution is -0.118. The molecule has 2 bridgehead atoms. The Morgan fingerprint density at radius 1 is 1.28 bits per heavy atom. The van der Waals surface area contributed by atoms with Crippen LogP contribution in [-0.4, -0.2) is 85.8 Å². The molecule has 18 nitrogen and oxygen atoms in total. The number of hydrogen-bond donors (Lipinski definition) is 3. The predicted octanol–water partition coefficient (Wildman–Crippen LogP) is 3.61. The molecule has 3 fully saturated rings. The number of amides is 1. The fourth-order valence-electron chi connectivity index (χ4n) is 5.56. The van der Waals surface area contributed by atoms with E-state index < -0.39 is 80.2 Å². The van der Waals surface area contributed by atoms with Crippen molar-refractivity contribution in [1.29, 1.82) is 5.26 Å². The van der Waals surface area contributed by atoms with E-state index in [2.05, 4.69) is 42.5 Å². The molecule has 1 saturated carbocycles. The summed E-state index contributed by atoms with van der Waals surface area (Å²) in [6.45, 7) is -5.62. The molecule has 0 radical (unpaired) electrons. The molecule has 23 heteroatoms. The van der Waals surface area contributed by atoms with Crippen LogP contribution in [0.3, 0.4) is 0 Å². The van der Waals surface area contributed by atoms with E-state index in [1.165, 1.54) is 23.4 Å². The number of anilines is 1. The smallest absolute Gasteiger partial charge is 0.386 e. The average molecular weight is 775 g/mol. The Morgan fingerprint density at radius 3 is 2.84 bits per heavy atom. The van der Waals surface area contributed by atoms with Crippen LogP contribution < -0.4 is 15.6 Å². The average Bonchev–Trinajstić information content (AvgIpc) is 3.74. The van der Waals surface area contributed by atoms with Gasteiger partial charge in [-0.15, -0.1) is 0 Å². The molecule has 3 aromatic heterocycles. The van der Waals surface area contributed by atoms with Gasteiger partial charge in [0.2, 0.25) is 17.7 Å². The molecule has 2 aliphatic heterocycles. The number of ether oxygens (including phenoxy) is 2. The number of carbonyl (C=O) groups is 1. The third-order valence-corrected chi connectivity index (χ3v) is 12.0. The van der Waals surface area contributed by atoms with Crippen molar-refractivity contribution in [3.63, 3.8) is 0 Å². The van der Waals surface area contributed by atoms with Crippen LogP contribution in [0.25, 0.3) is 11.2 Å². The van der Waals surface area contributed by atoms with E-state index in [0.717, 1.165) is 0 Å². The maximum Gasteiger partial charge on any atom is 0.386 e. The summed E-state index contributed by atoms with van der Waals surface area (Å²) in [5, 5.41) is 11.7. The quantitative estimate of drug-likeness (QED) is 0.169. The molecule has 0 spiro atoms. The van der Waals surface area contributed by atoms with Gasteiger partial charge in [0.05, 0.1) is 44.7 Å². The van der Waals surface area contributed by atoms with E-state index in [1.807, 2.05) is 6.07 Å². The van der Waals surface area contributed by atoms with Crippen LogP contribution >= 0.6 is 25.8 Å². The molecule has 0 unspecified atom stereocenters.